The number of primary amides is 1. The van der Waals surface area contributed by atoms with Gasteiger partial charge in [-0.2, -0.15) is 5.10 Å². The minimum atomic E-state index is -4.15. The van der Waals surface area contributed by atoms with Gasteiger partial charge in [0, 0.05) is 16.7 Å². The number of halogens is 3. The van der Waals surface area contributed by atoms with Gasteiger partial charge in [-0.15, -0.1) is 10.2 Å². The third-order valence-electron chi connectivity index (χ3n) is 4.60. The number of rotatable bonds is 6. The molecule has 4 aromatic rings. The van der Waals surface area contributed by atoms with Crippen LogP contribution in [0.5, 0.6) is 0 Å². The number of nitrogens with zero attached hydrogens (tertiary/aromatic N) is 4. The number of anilines is 1. The average molecular weight is 510 g/mol. The number of hydrogen-bond acceptors (Lipinski definition) is 6. The Labute approximate surface area is 196 Å². The van der Waals surface area contributed by atoms with E-state index in [2.05, 4.69) is 25.1 Å². The Morgan fingerprint density at radius 2 is 1.91 bits per heavy atom. The number of nitrogens with one attached hydrogen (secondary N) is 2. The van der Waals surface area contributed by atoms with Gasteiger partial charge in [0.2, 0.25) is 5.82 Å². The molecule has 14 heteroatoms. The van der Waals surface area contributed by atoms with Gasteiger partial charge in [-0.1, -0.05) is 23.2 Å². The zero-order valence-corrected chi connectivity index (χ0v) is 19.0. The number of nitrogens with two attached hydrogens (primary N) is 1. The summed E-state index contributed by atoms with van der Waals surface area (Å²) in [5.41, 5.74) is 5.77. The van der Waals surface area contributed by atoms with Gasteiger partial charge in [-0.05, 0) is 42.8 Å². The molecule has 0 fully saturated rings. The number of amides is 1. The summed E-state index contributed by atoms with van der Waals surface area (Å²) in [7, 11) is -4.15. The number of sulfonamides is 1. The number of H-pyrrole nitrogens is 1. The molecule has 0 aliphatic rings. The van der Waals surface area contributed by atoms with Gasteiger partial charge in [0.25, 0.3) is 15.9 Å². The van der Waals surface area contributed by atoms with Crippen LogP contribution < -0.4 is 10.5 Å². The normalized spacial score (nSPS) is 11.5. The smallest absolute Gasteiger partial charge is 0.287 e. The Balaban J connectivity index is 1.90. The van der Waals surface area contributed by atoms with Crippen molar-refractivity contribution in [2.24, 2.45) is 5.73 Å². The fourth-order valence-corrected chi connectivity index (χ4v) is 4.46. The third kappa shape index (κ3) is 4.27. The van der Waals surface area contributed by atoms with Crippen LogP contribution in [0.3, 0.4) is 0 Å². The van der Waals surface area contributed by atoms with Crippen molar-refractivity contribution >= 4 is 44.8 Å². The molecule has 2 heterocycles. The second-order valence-electron chi connectivity index (χ2n) is 6.82. The molecule has 10 nitrogen and oxygen atoms in total. The molecule has 0 aliphatic carbocycles. The van der Waals surface area contributed by atoms with Gasteiger partial charge in [0.15, 0.2) is 5.82 Å². The van der Waals surface area contributed by atoms with Crippen molar-refractivity contribution in [2.45, 2.75) is 11.8 Å². The summed E-state index contributed by atoms with van der Waals surface area (Å²) in [5.74, 6) is -1.91. The van der Waals surface area contributed by atoms with Crippen molar-refractivity contribution in [3.8, 4) is 17.2 Å². The quantitative estimate of drug-likeness (QED) is 0.363. The minimum Gasteiger partial charge on any atom is -0.363 e. The molecule has 1 amide bonds. The molecule has 0 saturated carbocycles. The van der Waals surface area contributed by atoms with Gasteiger partial charge < -0.3 is 5.73 Å². The van der Waals surface area contributed by atoms with Crippen molar-refractivity contribution in [1.82, 2.24) is 25.0 Å². The lowest BCUT2D eigenvalue weighted by molar-refractivity contribution is 0.0988. The van der Waals surface area contributed by atoms with E-state index in [0.29, 0.717) is 10.6 Å². The fourth-order valence-electron chi connectivity index (χ4n) is 3.02. The molecule has 170 valence electrons. The van der Waals surface area contributed by atoms with E-state index in [1.165, 1.54) is 35.0 Å². The summed E-state index contributed by atoms with van der Waals surface area (Å²) in [5, 5.41) is 14.2. The van der Waals surface area contributed by atoms with Crippen LogP contribution in [0, 0.1) is 12.7 Å². The summed E-state index contributed by atoms with van der Waals surface area (Å²) in [6, 6.07) is 7.69. The van der Waals surface area contributed by atoms with Crippen LogP contribution >= 0.6 is 23.2 Å². The lowest BCUT2D eigenvalue weighted by Gasteiger charge is -2.15. The number of aromatic nitrogens is 5. The minimum absolute atomic E-state index is 0.0549. The first-order valence-electron chi connectivity index (χ1n) is 9.12. The highest BCUT2D eigenvalue weighted by Gasteiger charge is 2.25. The molecule has 0 unspecified atom stereocenters. The van der Waals surface area contributed by atoms with Crippen LogP contribution in [0.1, 0.15) is 16.2 Å². The van der Waals surface area contributed by atoms with E-state index in [4.69, 9.17) is 28.9 Å². The first-order valence-corrected chi connectivity index (χ1v) is 11.4. The highest BCUT2D eigenvalue weighted by molar-refractivity contribution is 7.92. The summed E-state index contributed by atoms with van der Waals surface area (Å²) in [6.07, 6.45) is 1.40. The summed E-state index contributed by atoms with van der Waals surface area (Å²) >= 11 is 11.9. The second-order valence-corrected chi connectivity index (χ2v) is 9.31. The van der Waals surface area contributed by atoms with E-state index < -0.39 is 21.7 Å². The standard InChI is InChI=1S/C19H14Cl2FN7O3S/c1-9-6-10(2-3-12(9)20)33(31,32)28-15-8-13(21)14(22)7-11(15)18-26-27-19(17(23)30)29(18)16-4-5-24-25-16/h2-8,28H,1H3,(H2,23,30)(H,24,25). The van der Waals surface area contributed by atoms with Gasteiger partial charge in [-0.25, -0.2) is 12.8 Å². The number of benzene rings is 2. The van der Waals surface area contributed by atoms with Crippen molar-refractivity contribution in [1.29, 1.82) is 0 Å². The van der Waals surface area contributed by atoms with Gasteiger partial charge in [0.05, 0.1) is 21.8 Å². The molecule has 2 aromatic carbocycles. The number of carbonyl (C=O) groups excluding carboxylic acids is 1. The maximum Gasteiger partial charge on any atom is 0.287 e. The Bertz CT molecular complexity index is 1490. The van der Waals surface area contributed by atoms with E-state index in [1.54, 1.807) is 6.92 Å². The fraction of sp³-hybridized carbons (Fsp3) is 0.0526. The summed E-state index contributed by atoms with van der Waals surface area (Å²) in [6.45, 7) is 1.65. The number of aromatic amines is 1. The Hall–Kier alpha value is -3.48. The molecular weight excluding hydrogens is 496 g/mol. The molecule has 0 aliphatic heterocycles. The van der Waals surface area contributed by atoms with E-state index in [9.17, 15) is 17.6 Å². The maximum absolute atomic E-state index is 14.4. The highest BCUT2D eigenvalue weighted by atomic mass is 35.5. The SMILES string of the molecule is Cc1cc(S(=O)(=O)Nc2cc(Cl)c(F)cc2-c2nnc(C(N)=O)n2-c2ccn[nH]2)ccc1Cl. The van der Waals surface area contributed by atoms with Crippen LogP contribution in [0.15, 0.2) is 47.5 Å². The zero-order chi connectivity index (χ0) is 23.9. The van der Waals surface area contributed by atoms with Crippen LogP contribution in [0.2, 0.25) is 10.0 Å². The van der Waals surface area contributed by atoms with Crippen LogP contribution in [-0.2, 0) is 10.0 Å². The van der Waals surface area contributed by atoms with Crippen LogP contribution in [0.25, 0.3) is 17.2 Å². The van der Waals surface area contributed by atoms with Crippen LogP contribution in [0.4, 0.5) is 10.1 Å². The topological polar surface area (TPSA) is 149 Å². The van der Waals surface area contributed by atoms with Gasteiger partial charge in [-0.3, -0.25) is 19.2 Å². The van der Waals surface area contributed by atoms with Crippen molar-refractivity contribution in [2.75, 3.05) is 4.72 Å². The first kappa shape index (κ1) is 22.7. The number of hydrogen-bond donors (Lipinski definition) is 3. The lowest BCUT2D eigenvalue weighted by atomic mass is 10.1. The van der Waals surface area contributed by atoms with E-state index >= 15 is 0 Å². The molecule has 0 saturated heterocycles. The Kier molecular flexibility index (Phi) is 5.82. The highest BCUT2D eigenvalue weighted by Crippen LogP contribution is 2.35. The first-order chi connectivity index (χ1) is 15.6. The van der Waals surface area contributed by atoms with Crippen molar-refractivity contribution in [3.05, 3.63) is 69.8 Å². The van der Waals surface area contributed by atoms with E-state index in [1.807, 2.05) is 0 Å². The summed E-state index contributed by atoms with van der Waals surface area (Å²) in [4.78, 5) is 11.8. The summed E-state index contributed by atoms with van der Waals surface area (Å²) < 4.78 is 44.1. The van der Waals surface area contributed by atoms with Gasteiger partial charge in [0.1, 0.15) is 11.6 Å². The zero-order valence-electron chi connectivity index (χ0n) is 16.7. The third-order valence-corrected chi connectivity index (χ3v) is 6.67. The monoisotopic (exact) mass is 509 g/mol. The molecule has 2 aromatic heterocycles. The number of aryl methyl sites for hydroxylation is 1. The molecule has 4 N–H and O–H groups in total. The largest absolute Gasteiger partial charge is 0.363 e. The molecule has 0 bridgehead atoms. The molecule has 0 spiro atoms. The van der Waals surface area contributed by atoms with E-state index in [0.717, 1.165) is 12.1 Å². The van der Waals surface area contributed by atoms with Crippen molar-refractivity contribution < 1.29 is 17.6 Å². The molecular formula is C19H14Cl2FN7O3S. The molecule has 33 heavy (non-hydrogen) atoms. The van der Waals surface area contributed by atoms with Crippen molar-refractivity contribution in [3.63, 3.8) is 0 Å². The molecule has 4 rings (SSSR count). The van der Waals surface area contributed by atoms with Crippen LogP contribution in [-0.4, -0.2) is 39.3 Å². The maximum atomic E-state index is 14.4. The average Bonchev–Trinajstić information content (AvgIpc) is 3.41. The van der Waals surface area contributed by atoms with Gasteiger partial charge >= 0.3 is 0 Å². The van der Waals surface area contributed by atoms with E-state index in [-0.39, 0.29) is 38.6 Å². The predicted octanol–water partition coefficient (Wildman–Crippen LogP) is 3.31. The molecule has 0 radical (unpaired) electrons. The molecule has 0 atom stereocenters. The Morgan fingerprint density at radius 1 is 1.15 bits per heavy atom. The number of carbonyl (C=O) groups is 1. The lowest BCUT2D eigenvalue weighted by Crippen LogP contribution is -2.18. The Morgan fingerprint density at radius 3 is 2.55 bits per heavy atom. The predicted molar refractivity (Wildman–Crippen MR) is 119 cm³/mol. The second kappa shape index (κ2) is 8.46.